The fourth-order valence-electron chi connectivity index (χ4n) is 1.52. The Morgan fingerprint density at radius 3 is 2.59 bits per heavy atom. The fraction of sp³-hybridized carbons (Fsp3) is 0.538. The standard InChI is InChI=1S/C13H19N3O5S/c1-5-21-12(18)8-6-15-13(22-4)16-10(8)11(17)14-7-9(19-2)20-3/h6,9H,5,7H2,1-4H3,(H,14,17). The number of ether oxygens (including phenoxy) is 3. The average molecular weight is 329 g/mol. The lowest BCUT2D eigenvalue weighted by Gasteiger charge is -2.14. The van der Waals surface area contributed by atoms with E-state index in [0.717, 1.165) is 0 Å². The lowest BCUT2D eigenvalue weighted by molar-refractivity contribution is -0.0974. The Morgan fingerprint density at radius 1 is 1.36 bits per heavy atom. The number of aromatic nitrogens is 2. The molecule has 1 rings (SSSR count). The summed E-state index contributed by atoms with van der Waals surface area (Å²) in [5, 5.41) is 2.98. The van der Waals surface area contributed by atoms with Crippen LogP contribution in [0.4, 0.5) is 0 Å². The Morgan fingerprint density at radius 2 is 2.05 bits per heavy atom. The number of amides is 1. The van der Waals surface area contributed by atoms with Crippen LogP contribution in [0.5, 0.6) is 0 Å². The maximum Gasteiger partial charge on any atom is 0.342 e. The SMILES string of the molecule is CCOC(=O)c1cnc(SC)nc1C(=O)NCC(OC)OC. The highest BCUT2D eigenvalue weighted by atomic mass is 32.2. The van der Waals surface area contributed by atoms with E-state index in [1.54, 1.807) is 13.2 Å². The Balaban J connectivity index is 2.98. The number of esters is 1. The molecule has 0 spiro atoms. The molecule has 1 aromatic rings. The van der Waals surface area contributed by atoms with Gasteiger partial charge in [0.05, 0.1) is 13.2 Å². The van der Waals surface area contributed by atoms with E-state index in [9.17, 15) is 9.59 Å². The molecule has 1 amide bonds. The molecule has 0 saturated carbocycles. The third kappa shape index (κ3) is 4.93. The van der Waals surface area contributed by atoms with E-state index in [4.69, 9.17) is 14.2 Å². The molecular formula is C13H19N3O5S. The van der Waals surface area contributed by atoms with Crippen molar-refractivity contribution in [2.45, 2.75) is 18.4 Å². The van der Waals surface area contributed by atoms with Crippen molar-refractivity contribution in [3.05, 3.63) is 17.5 Å². The van der Waals surface area contributed by atoms with Crippen LogP contribution in [-0.4, -0.2) is 61.8 Å². The van der Waals surface area contributed by atoms with Crippen LogP contribution in [-0.2, 0) is 14.2 Å². The lowest BCUT2D eigenvalue weighted by atomic mass is 10.2. The minimum atomic E-state index is -0.643. The van der Waals surface area contributed by atoms with Gasteiger partial charge >= 0.3 is 5.97 Å². The quantitative estimate of drug-likeness (QED) is 0.322. The van der Waals surface area contributed by atoms with Crippen LogP contribution in [0.15, 0.2) is 11.4 Å². The first-order valence-electron chi connectivity index (χ1n) is 6.49. The number of hydrogen-bond donors (Lipinski definition) is 1. The zero-order valence-electron chi connectivity index (χ0n) is 12.9. The summed E-state index contributed by atoms with van der Waals surface area (Å²) >= 11 is 1.26. The molecule has 8 nitrogen and oxygen atoms in total. The smallest absolute Gasteiger partial charge is 0.342 e. The number of methoxy groups -OCH3 is 2. The number of hydrogen-bond acceptors (Lipinski definition) is 8. The molecule has 0 aliphatic carbocycles. The summed E-state index contributed by atoms with van der Waals surface area (Å²) in [5.41, 5.74) is -0.0210. The van der Waals surface area contributed by atoms with Gasteiger partial charge in [-0.25, -0.2) is 14.8 Å². The summed E-state index contributed by atoms with van der Waals surface area (Å²) in [6, 6.07) is 0. The van der Waals surface area contributed by atoms with Gasteiger partial charge in [-0.15, -0.1) is 0 Å². The maximum absolute atomic E-state index is 12.2. The topological polar surface area (TPSA) is 99.6 Å². The highest BCUT2D eigenvalue weighted by Gasteiger charge is 2.22. The van der Waals surface area contributed by atoms with E-state index >= 15 is 0 Å². The Kier molecular flexibility index (Phi) is 7.78. The van der Waals surface area contributed by atoms with Crippen LogP contribution in [0.3, 0.4) is 0 Å². The van der Waals surface area contributed by atoms with Crippen LogP contribution in [0.25, 0.3) is 0 Å². The molecule has 0 bridgehead atoms. The van der Waals surface area contributed by atoms with Crippen LogP contribution in [0.1, 0.15) is 27.8 Å². The fourth-order valence-corrected chi connectivity index (χ4v) is 1.86. The van der Waals surface area contributed by atoms with Crippen LogP contribution >= 0.6 is 11.8 Å². The predicted octanol–water partition coefficient (Wildman–Crippen LogP) is 0.724. The molecular weight excluding hydrogens is 310 g/mol. The van der Waals surface area contributed by atoms with Crippen molar-refractivity contribution in [3.63, 3.8) is 0 Å². The number of carbonyl (C=O) groups is 2. The Labute approximate surface area is 132 Å². The average Bonchev–Trinajstić information content (AvgIpc) is 2.55. The van der Waals surface area contributed by atoms with Gasteiger partial charge in [-0.05, 0) is 13.2 Å². The van der Waals surface area contributed by atoms with Gasteiger partial charge < -0.3 is 19.5 Å². The van der Waals surface area contributed by atoms with Gasteiger partial charge in [0, 0.05) is 20.4 Å². The van der Waals surface area contributed by atoms with Gasteiger partial charge in [-0.2, -0.15) is 0 Å². The largest absolute Gasteiger partial charge is 0.462 e. The van der Waals surface area contributed by atoms with Gasteiger partial charge in [0.25, 0.3) is 5.91 Å². The van der Waals surface area contributed by atoms with E-state index in [-0.39, 0.29) is 24.4 Å². The number of rotatable bonds is 8. The molecule has 122 valence electrons. The third-order valence-corrected chi connectivity index (χ3v) is 3.18. The molecule has 0 aliphatic rings. The predicted molar refractivity (Wildman–Crippen MR) is 79.9 cm³/mol. The van der Waals surface area contributed by atoms with Gasteiger partial charge in [-0.1, -0.05) is 11.8 Å². The zero-order valence-corrected chi connectivity index (χ0v) is 13.7. The van der Waals surface area contributed by atoms with E-state index in [0.29, 0.717) is 5.16 Å². The van der Waals surface area contributed by atoms with Crippen molar-refractivity contribution >= 4 is 23.6 Å². The van der Waals surface area contributed by atoms with E-state index in [1.165, 1.54) is 32.2 Å². The highest BCUT2D eigenvalue weighted by molar-refractivity contribution is 7.98. The Hall–Kier alpha value is -1.71. The van der Waals surface area contributed by atoms with Gasteiger partial charge in [-0.3, -0.25) is 4.79 Å². The molecule has 1 heterocycles. The zero-order chi connectivity index (χ0) is 16.5. The van der Waals surface area contributed by atoms with Crippen LogP contribution in [0.2, 0.25) is 0 Å². The second kappa shape index (κ2) is 9.34. The molecule has 1 N–H and O–H groups in total. The van der Waals surface area contributed by atoms with E-state index < -0.39 is 18.2 Å². The molecule has 0 unspecified atom stereocenters. The Bertz CT molecular complexity index is 522. The second-order valence-electron chi connectivity index (χ2n) is 3.95. The first kappa shape index (κ1) is 18.3. The summed E-state index contributed by atoms with van der Waals surface area (Å²) in [6.45, 7) is 1.99. The highest BCUT2D eigenvalue weighted by Crippen LogP contribution is 2.13. The van der Waals surface area contributed by atoms with Gasteiger partial charge in [0.15, 0.2) is 11.4 Å². The maximum atomic E-state index is 12.2. The lowest BCUT2D eigenvalue weighted by Crippen LogP contribution is -2.35. The first-order valence-corrected chi connectivity index (χ1v) is 7.71. The van der Waals surface area contributed by atoms with Crippen molar-refractivity contribution in [3.8, 4) is 0 Å². The number of nitrogens with one attached hydrogen (secondary N) is 1. The molecule has 0 fully saturated rings. The molecule has 0 aliphatic heterocycles. The van der Waals surface area contributed by atoms with Crippen molar-refractivity contribution in [2.24, 2.45) is 0 Å². The second-order valence-corrected chi connectivity index (χ2v) is 4.72. The minimum absolute atomic E-state index is 0.0172. The third-order valence-electron chi connectivity index (χ3n) is 2.61. The van der Waals surface area contributed by atoms with Crippen LogP contribution < -0.4 is 5.32 Å². The van der Waals surface area contributed by atoms with E-state index in [2.05, 4.69) is 15.3 Å². The number of nitrogens with zero attached hydrogens (tertiary/aromatic N) is 2. The minimum Gasteiger partial charge on any atom is -0.462 e. The normalized spacial score (nSPS) is 10.6. The summed E-state index contributed by atoms with van der Waals surface area (Å²) in [7, 11) is 2.92. The van der Waals surface area contributed by atoms with Gasteiger partial charge in [0.1, 0.15) is 11.3 Å². The number of thioether (sulfide) groups is 1. The van der Waals surface area contributed by atoms with Crippen molar-refractivity contribution in [2.75, 3.05) is 33.6 Å². The van der Waals surface area contributed by atoms with Crippen molar-refractivity contribution in [1.29, 1.82) is 0 Å². The van der Waals surface area contributed by atoms with Crippen molar-refractivity contribution in [1.82, 2.24) is 15.3 Å². The number of carbonyl (C=O) groups excluding carboxylic acids is 2. The molecule has 1 aromatic heterocycles. The molecule has 22 heavy (non-hydrogen) atoms. The van der Waals surface area contributed by atoms with Crippen molar-refractivity contribution < 1.29 is 23.8 Å². The van der Waals surface area contributed by atoms with E-state index in [1.807, 2.05) is 0 Å². The summed E-state index contributed by atoms with van der Waals surface area (Å²) in [5.74, 6) is -1.17. The van der Waals surface area contributed by atoms with Gasteiger partial charge in [0.2, 0.25) is 0 Å². The summed E-state index contributed by atoms with van der Waals surface area (Å²) in [6.07, 6.45) is 2.47. The summed E-state index contributed by atoms with van der Waals surface area (Å²) in [4.78, 5) is 32.2. The molecule has 0 radical (unpaired) electrons. The van der Waals surface area contributed by atoms with Crippen LogP contribution in [0, 0.1) is 0 Å². The molecule has 0 aromatic carbocycles. The molecule has 0 saturated heterocycles. The molecule has 0 atom stereocenters. The monoisotopic (exact) mass is 329 g/mol. The first-order chi connectivity index (χ1) is 10.6. The summed E-state index contributed by atoms with van der Waals surface area (Å²) < 4.78 is 14.9. The molecule has 9 heteroatoms.